The molecule has 2 heterocycles. The molecule has 0 aromatic carbocycles. The highest BCUT2D eigenvalue weighted by Crippen LogP contribution is 2.38. The molecule has 2 atom stereocenters. The molecule has 0 unspecified atom stereocenters. The highest BCUT2D eigenvalue weighted by atomic mass is 16.6. The molecule has 2 bridgehead atoms. The number of amides is 2. The summed E-state index contributed by atoms with van der Waals surface area (Å²) in [6.45, 7) is 3.31. The molecule has 2 aliphatic heterocycles. The molecule has 2 rings (SSSR count). The van der Waals surface area contributed by atoms with Crippen LogP contribution in [0.2, 0.25) is 0 Å². The maximum atomic E-state index is 12.0. The first-order chi connectivity index (χ1) is 9.34. The van der Waals surface area contributed by atoms with Gasteiger partial charge in [-0.1, -0.05) is 0 Å². The first-order valence-corrected chi connectivity index (χ1v) is 5.96. The van der Waals surface area contributed by atoms with E-state index in [1.165, 1.54) is 25.3 Å². The number of fused-ring (bicyclic) bond motifs is 2. The predicted octanol–water partition coefficient (Wildman–Crippen LogP) is 0.886. The summed E-state index contributed by atoms with van der Waals surface area (Å²) in [5.41, 5.74) is -0.941. The van der Waals surface area contributed by atoms with Crippen LogP contribution in [0, 0.1) is 5.41 Å². The molecule has 1 saturated heterocycles. The Kier molecular flexibility index (Phi) is 3.33. The van der Waals surface area contributed by atoms with Crippen molar-refractivity contribution < 1.29 is 28.6 Å². The summed E-state index contributed by atoms with van der Waals surface area (Å²) in [5, 5.41) is 0. The van der Waals surface area contributed by atoms with Gasteiger partial charge in [0.2, 0.25) is 0 Å². The number of carbonyl (C=O) groups is 3. The van der Waals surface area contributed by atoms with Gasteiger partial charge in [0.05, 0.1) is 25.7 Å². The van der Waals surface area contributed by atoms with Gasteiger partial charge in [0.25, 0.3) is 6.35 Å². The first-order valence-electron chi connectivity index (χ1n) is 5.96. The lowest BCUT2D eigenvalue weighted by molar-refractivity contribution is -0.210. The molecule has 2 amide bonds. The molecular formula is C12H16N2O6. The monoisotopic (exact) mass is 284 g/mol. The van der Waals surface area contributed by atoms with Gasteiger partial charge in [-0.15, -0.1) is 0 Å². The van der Waals surface area contributed by atoms with Crippen molar-refractivity contribution in [2.45, 2.75) is 26.2 Å². The van der Waals surface area contributed by atoms with Gasteiger partial charge in [-0.2, -0.15) is 0 Å². The number of esters is 1. The molecule has 2 aliphatic rings. The van der Waals surface area contributed by atoms with Crippen LogP contribution in [0.1, 0.15) is 13.8 Å². The van der Waals surface area contributed by atoms with Crippen LogP contribution < -0.4 is 0 Å². The molecule has 8 nitrogen and oxygen atoms in total. The molecule has 110 valence electrons. The summed E-state index contributed by atoms with van der Waals surface area (Å²) in [6.07, 6.45) is 0.370. The van der Waals surface area contributed by atoms with Gasteiger partial charge < -0.3 is 14.2 Å². The third-order valence-corrected chi connectivity index (χ3v) is 3.45. The van der Waals surface area contributed by atoms with Crippen molar-refractivity contribution in [3.63, 3.8) is 0 Å². The lowest BCUT2D eigenvalue weighted by Gasteiger charge is -2.50. The molecule has 0 saturated carbocycles. The largest absolute Gasteiger partial charge is 0.453 e. The molecule has 0 spiro atoms. The van der Waals surface area contributed by atoms with Gasteiger partial charge >= 0.3 is 18.2 Å². The number of methoxy groups -OCH3 is 2. The third kappa shape index (κ3) is 1.87. The number of carbonyl (C=O) groups excluding carboxylic acids is 3. The van der Waals surface area contributed by atoms with Crippen molar-refractivity contribution in [2.24, 2.45) is 5.41 Å². The zero-order valence-corrected chi connectivity index (χ0v) is 11.7. The van der Waals surface area contributed by atoms with Crippen LogP contribution in [0.15, 0.2) is 12.3 Å². The van der Waals surface area contributed by atoms with Gasteiger partial charge in [0.15, 0.2) is 0 Å². The van der Waals surface area contributed by atoms with Crippen LogP contribution in [0.25, 0.3) is 0 Å². The number of hydrogen-bond donors (Lipinski definition) is 0. The topological polar surface area (TPSA) is 85.4 Å². The quantitative estimate of drug-likeness (QED) is 0.485. The Morgan fingerprint density at radius 3 is 2.40 bits per heavy atom. The Labute approximate surface area is 115 Å². The van der Waals surface area contributed by atoms with Gasteiger partial charge in [-0.25, -0.2) is 19.4 Å². The second kappa shape index (κ2) is 4.69. The molecule has 0 radical (unpaired) electrons. The highest BCUT2D eigenvalue weighted by molar-refractivity contribution is 5.83. The van der Waals surface area contributed by atoms with E-state index >= 15 is 0 Å². The Morgan fingerprint density at radius 1 is 1.25 bits per heavy atom. The van der Waals surface area contributed by atoms with Gasteiger partial charge in [-0.3, -0.25) is 4.79 Å². The van der Waals surface area contributed by atoms with Crippen LogP contribution in [-0.4, -0.2) is 54.6 Å². The van der Waals surface area contributed by atoms with Gasteiger partial charge in [0, 0.05) is 6.20 Å². The van der Waals surface area contributed by atoms with Gasteiger partial charge in [-0.05, 0) is 19.9 Å². The lowest BCUT2D eigenvalue weighted by Crippen LogP contribution is -2.68. The van der Waals surface area contributed by atoms with Crippen LogP contribution in [0.5, 0.6) is 0 Å². The van der Waals surface area contributed by atoms with Crippen molar-refractivity contribution >= 4 is 18.2 Å². The number of nitrogens with zero attached hydrogens (tertiary/aromatic N) is 2. The van der Waals surface area contributed by atoms with E-state index < -0.39 is 36.0 Å². The second-order valence-electron chi connectivity index (χ2n) is 4.99. The third-order valence-electron chi connectivity index (χ3n) is 3.45. The summed E-state index contributed by atoms with van der Waals surface area (Å²) in [6, 6.07) is -0.567. The zero-order valence-electron chi connectivity index (χ0n) is 11.7. The van der Waals surface area contributed by atoms with Crippen molar-refractivity contribution in [1.82, 2.24) is 9.80 Å². The SMILES string of the molecule is COC(=O)N1C=C[C@H]2N(C(=O)OC)[C@@H]1OC(=O)C2(C)C. The smallest absolute Gasteiger partial charge is 0.418 e. The van der Waals surface area contributed by atoms with Crippen LogP contribution in [-0.2, 0) is 19.0 Å². The Morgan fingerprint density at radius 2 is 1.85 bits per heavy atom. The van der Waals surface area contributed by atoms with Crippen molar-refractivity contribution in [3.05, 3.63) is 12.3 Å². The normalized spacial score (nSPS) is 26.9. The van der Waals surface area contributed by atoms with Crippen LogP contribution >= 0.6 is 0 Å². The highest BCUT2D eigenvalue weighted by Gasteiger charge is 2.55. The average molecular weight is 284 g/mol. The fraction of sp³-hybridized carbons (Fsp3) is 0.583. The minimum absolute atomic E-state index is 0.508. The molecule has 0 aromatic heterocycles. The summed E-state index contributed by atoms with van der Waals surface area (Å²) < 4.78 is 14.5. The fourth-order valence-electron chi connectivity index (χ4n) is 2.25. The van der Waals surface area contributed by atoms with E-state index in [1.54, 1.807) is 19.9 Å². The minimum Gasteiger partial charge on any atom is -0.453 e. The van der Waals surface area contributed by atoms with E-state index in [4.69, 9.17) is 9.47 Å². The van der Waals surface area contributed by atoms with E-state index in [0.717, 1.165) is 4.90 Å². The van der Waals surface area contributed by atoms with E-state index in [0.29, 0.717) is 0 Å². The van der Waals surface area contributed by atoms with Crippen molar-refractivity contribution in [3.8, 4) is 0 Å². The Hall–Kier alpha value is -2.25. The van der Waals surface area contributed by atoms with E-state index in [9.17, 15) is 14.4 Å². The van der Waals surface area contributed by atoms with Crippen LogP contribution in [0.3, 0.4) is 0 Å². The molecule has 8 heteroatoms. The molecular weight excluding hydrogens is 268 g/mol. The summed E-state index contributed by atoms with van der Waals surface area (Å²) in [5.74, 6) is -0.508. The predicted molar refractivity (Wildman–Crippen MR) is 65.1 cm³/mol. The standard InChI is InChI=1S/C12H16N2O6/c1-12(2)7-5-6-13(10(16)18-3)9(20-8(12)15)14(7)11(17)19-4/h5-7,9H,1-4H3/t7-,9-/m1/s1. The lowest BCUT2D eigenvalue weighted by atomic mass is 9.81. The maximum Gasteiger partial charge on any atom is 0.418 e. The first kappa shape index (κ1) is 14.2. The molecule has 0 aromatic rings. The van der Waals surface area contributed by atoms with Gasteiger partial charge in [0.1, 0.15) is 0 Å². The average Bonchev–Trinajstić information content (AvgIpc) is 2.43. The van der Waals surface area contributed by atoms with Crippen LogP contribution in [0.4, 0.5) is 9.59 Å². The fourth-order valence-corrected chi connectivity index (χ4v) is 2.25. The number of rotatable bonds is 0. The van der Waals surface area contributed by atoms with E-state index in [1.807, 2.05) is 0 Å². The van der Waals surface area contributed by atoms with E-state index in [2.05, 4.69) is 4.74 Å². The van der Waals surface area contributed by atoms with Crippen molar-refractivity contribution in [1.29, 1.82) is 0 Å². The summed E-state index contributed by atoms with van der Waals surface area (Å²) >= 11 is 0. The second-order valence-corrected chi connectivity index (χ2v) is 4.99. The van der Waals surface area contributed by atoms with E-state index in [-0.39, 0.29) is 0 Å². The summed E-state index contributed by atoms with van der Waals surface area (Å²) in [4.78, 5) is 37.8. The molecule has 0 N–H and O–H groups in total. The molecule has 0 aliphatic carbocycles. The molecule has 20 heavy (non-hydrogen) atoms. The zero-order chi connectivity index (χ0) is 15.1. The maximum absolute atomic E-state index is 12.0. The van der Waals surface area contributed by atoms with Crippen molar-refractivity contribution in [2.75, 3.05) is 14.2 Å². The molecule has 1 fully saturated rings. The summed E-state index contributed by atoms with van der Waals surface area (Å²) in [7, 11) is 2.41. The number of ether oxygens (including phenoxy) is 3. The Balaban J connectivity index is 2.47. The number of hydrogen-bond acceptors (Lipinski definition) is 6. The minimum atomic E-state index is -1.20. The Bertz CT molecular complexity index is 486.